The van der Waals surface area contributed by atoms with Gasteiger partial charge in [0.05, 0.1) is 29.3 Å². The van der Waals surface area contributed by atoms with E-state index in [4.69, 9.17) is 26.1 Å². The van der Waals surface area contributed by atoms with Crippen LogP contribution in [0.25, 0.3) is 16.2 Å². The van der Waals surface area contributed by atoms with E-state index in [0.717, 1.165) is 26.3 Å². The number of amidine groups is 1. The van der Waals surface area contributed by atoms with Crippen LogP contribution in [0.4, 0.5) is 5.69 Å². The highest BCUT2D eigenvalue weighted by Crippen LogP contribution is 2.39. The molecule has 0 saturated carbocycles. The van der Waals surface area contributed by atoms with E-state index in [-0.39, 0.29) is 5.91 Å². The van der Waals surface area contributed by atoms with Crippen LogP contribution in [-0.2, 0) is 4.79 Å². The monoisotopic (exact) mass is 488 g/mol. The first-order chi connectivity index (χ1) is 16.6. The number of fused-ring (bicyclic) bond motifs is 1. The quantitative estimate of drug-likeness (QED) is 0.280. The zero-order valence-electron chi connectivity index (χ0n) is 18.6. The van der Waals surface area contributed by atoms with Crippen molar-refractivity contribution >= 4 is 56.5 Å². The number of rotatable bonds is 6. The highest BCUT2D eigenvalue weighted by Gasteiger charge is 2.35. The highest BCUT2D eigenvalue weighted by atomic mass is 35.5. The van der Waals surface area contributed by atoms with E-state index in [9.17, 15) is 4.79 Å². The number of hydrogen-bond acceptors (Lipinski definition) is 5. The Bertz CT molecular complexity index is 1440. The number of amides is 1. The maximum atomic E-state index is 13.7. The Labute approximate surface area is 206 Å². The zero-order valence-corrected chi connectivity index (χ0v) is 20.2. The molecule has 7 heteroatoms. The van der Waals surface area contributed by atoms with Gasteiger partial charge in [-0.3, -0.25) is 9.69 Å². The minimum absolute atomic E-state index is 0.237. The average molecular weight is 489 g/mol. The number of methoxy groups -OCH3 is 1. The number of halogens is 1. The third kappa shape index (κ3) is 3.95. The summed E-state index contributed by atoms with van der Waals surface area (Å²) >= 11 is 8.31. The van der Waals surface area contributed by atoms with Crippen LogP contribution in [0.2, 0.25) is 5.02 Å². The van der Waals surface area contributed by atoms with Crippen molar-refractivity contribution < 1.29 is 14.3 Å². The van der Waals surface area contributed by atoms with E-state index in [1.807, 2.05) is 79.7 Å². The van der Waals surface area contributed by atoms with Gasteiger partial charge in [-0.25, -0.2) is 4.99 Å². The molecule has 34 heavy (non-hydrogen) atoms. The number of nitrogens with zero attached hydrogens (tertiary/aromatic N) is 2. The van der Waals surface area contributed by atoms with E-state index < -0.39 is 0 Å². The Morgan fingerprint density at radius 2 is 1.76 bits per heavy atom. The molecule has 0 saturated heterocycles. The summed E-state index contributed by atoms with van der Waals surface area (Å²) in [5, 5.41) is 1.52. The van der Waals surface area contributed by atoms with Crippen LogP contribution in [0, 0.1) is 0 Å². The fraction of sp³-hybridized carbons (Fsp3) is 0.111. The second-order valence-corrected chi connectivity index (χ2v) is 8.95. The van der Waals surface area contributed by atoms with Gasteiger partial charge in [-0.05, 0) is 49.4 Å². The SMILES string of the molecule is CCOc1ccc(N2C(=O)/C(=C\c3ccccc3OC)N=C2c2sc3ccccc3c2Cl)cc1. The fourth-order valence-corrected chi connectivity index (χ4v) is 5.35. The van der Waals surface area contributed by atoms with Crippen LogP contribution in [0.5, 0.6) is 11.5 Å². The lowest BCUT2D eigenvalue weighted by molar-refractivity contribution is -0.113. The van der Waals surface area contributed by atoms with Crippen molar-refractivity contribution in [2.24, 2.45) is 4.99 Å². The van der Waals surface area contributed by atoms with Crippen molar-refractivity contribution in [3.8, 4) is 11.5 Å². The third-order valence-electron chi connectivity index (χ3n) is 5.44. The predicted octanol–water partition coefficient (Wildman–Crippen LogP) is 6.80. The summed E-state index contributed by atoms with van der Waals surface area (Å²) in [5.41, 5.74) is 1.76. The van der Waals surface area contributed by atoms with Gasteiger partial charge in [-0.15, -0.1) is 11.3 Å². The Morgan fingerprint density at radius 3 is 2.50 bits per heavy atom. The van der Waals surface area contributed by atoms with E-state index in [1.165, 1.54) is 11.3 Å². The molecule has 0 spiro atoms. The minimum Gasteiger partial charge on any atom is -0.496 e. The minimum atomic E-state index is -0.237. The van der Waals surface area contributed by atoms with Crippen LogP contribution in [0.3, 0.4) is 0 Å². The van der Waals surface area contributed by atoms with Crippen molar-refractivity contribution in [2.45, 2.75) is 6.92 Å². The summed E-state index contributed by atoms with van der Waals surface area (Å²) in [5.74, 6) is 1.67. The molecule has 4 aromatic rings. The Balaban J connectivity index is 1.66. The van der Waals surface area contributed by atoms with Gasteiger partial charge in [0, 0.05) is 15.6 Å². The van der Waals surface area contributed by atoms with Gasteiger partial charge in [-0.2, -0.15) is 0 Å². The smallest absolute Gasteiger partial charge is 0.282 e. The lowest BCUT2D eigenvalue weighted by atomic mass is 10.1. The summed E-state index contributed by atoms with van der Waals surface area (Å²) in [7, 11) is 1.60. The molecule has 0 aliphatic carbocycles. The molecule has 0 N–H and O–H groups in total. The molecular formula is C27H21ClN2O3S. The molecule has 170 valence electrons. The predicted molar refractivity (Wildman–Crippen MR) is 139 cm³/mol. The molecule has 3 aromatic carbocycles. The summed E-state index contributed by atoms with van der Waals surface area (Å²) in [4.78, 5) is 20.8. The summed E-state index contributed by atoms with van der Waals surface area (Å²) < 4.78 is 12.1. The molecule has 0 fully saturated rings. The van der Waals surface area contributed by atoms with Gasteiger partial charge in [0.1, 0.15) is 17.2 Å². The number of carbonyl (C=O) groups excluding carboxylic acids is 1. The molecular weight excluding hydrogens is 468 g/mol. The van der Waals surface area contributed by atoms with Crippen LogP contribution < -0.4 is 14.4 Å². The van der Waals surface area contributed by atoms with Crippen LogP contribution in [0.15, 0.2) is 83.5 Å². The third-order valence-corrected chi connectivity index (χ3v) is 7.11. The molecule has 5 rings (SSSR count). The number of benzene rings is 3. The number of hydrogen-bond donors (Lipinski definition) is 0. The number of carbonyl (C=O) groups is 1. The van der Waals surface area contributed by atoms with Crippen LogP contribution in [-0.4, -0.2) is 25.5 Å². The zero-order chi connectivity index (χ0) is 23.7. The molecule has 0 bridgehead atoms. The van der Waals surface area contributed by atoms with Crippen molar-refractivity contribution in [3.05, 3.63) is 94.0 Å². The van der Waals surface area contributed by atoms with Gasteiger partial charge in [-0.1, -0.05) is 48.0 Å². The Kier molecular flexibility index (Phi) is 6.09. The fourth-order valence-electron chi connectivity index (χ4n) is 3.86. The molecule has 1 aromatic heterocycles. The number of anilines is 1. The van der Waals surface area contributed by atoms with E-state index >= 15 is 0 Å². The van der Waals surface area contributed by atoms with Crippen molar-refractivity contribution in [2.75, 3.05) is 18.6 Å². The Morgan fingerprint density at radius 1 is 1.03 bits per heavy atom. The number of thiophene rings is 1. The van der Waals surface area contributed by atoms with Crippen molar-refractivity contribution in [1.82, 2.24) is 0 Å². The van der Waals surface area contributed by atoms with Gasteiger partial charge >= 0.3 is 0 Å². The maximum Gasteiger partial charge on any atom is 0.282 e. The molecule has 1 amide bonds. The lowest BCUT2D eigenvalue weighted by Gasteiger charge is -2.18. The largest absolute Gasteiger partial charge is 0.496 e. The van der Waals surface area contributed by atoms with E-state index in [2.05, 4.69) is 0 Å². The first kappa shape index (κ1) is 22.2. The van der Waals surface area contributed by atoms with Gasteiger partial charge < -0.3 is 9.47 Å². The topological polar surface area (TPSA) is 51.1 Å². The van der Waals surface area contributed by atoms with E-state index in [0.29, 0.717) is 34.6 Å². The molecule has 5 nitrogen and oxygen atoms in total. The van der Waals surface area contributed by atoms with Crippen LogP contribution >= 0.6 is 22.9 Å². The number of ether oxygens (including phenoxy) is 2. The van der Waals surface area contributed by atoms with Gasteiger partial charge in [0.15, 0.2) is 5.84 Å². The summed E-state index contributed by atoms with van der Waals surface area (Å²) in [6.45, 7) is 2.50. The van der Waals surface area contributed by atoms with Crippen molar-refractivity contribution in [3.63, 3.8) is 0 Å². The normalized spacial score (nSPS) is 14.7. The first-order valence-electron chi connectivity index (χ1n) is 10.8. The molecule has 1 aliphatic heterocycles. The van der Waals surface area contributed by atoms with E-state index in [1.54, 1.807) is 18.1 Å². The maximum absolute atomic E-state index is 13.7. The second-order valence-electron chi connectivity index (χ2n) is 7.52. The van der Waals surface area contributed by atoms with Crippen LogP contribution in [0.1, 0.15) is 17.4 Å². The first-order valence-corrected chi connectivity index (χ1v) is 12.0. The molecule has 0 atom stereocenters. The number of aliphatic imine (C=N–C) groups is 1. The Hall–Kier alpha value is -3.61. The van der Waals surface area contributed by atoms with Gasteiger partial charge in [0.25, 0.3) is 5.91 Å². The lowest BCUT2D eigenvalue weighted by Crippen LogP contribution is -2.32. The average Bonchev–Trinajstić information content (AvgIpc) is 3.37. The van der Waals surface area contributed by atoms with Crippen molar-refractivity contribution in [1.29, 1.82) is 0 Å². The summed E-state index contributed by atoms with van der Waals surface area (Å²) in [6, 6.07) is 22.8. The highest BCUT2D eigenvalue weighted by molar-refractivity contribution is 7.21. The number of para-hydroxylation sites is 1. The standard InChI is InChI=1S/C27H21ClN2O3S/c1-3-33-19-14-12-18(13-15-19)30-26(25-24(28)20-9-5-7-11-23(20)34-25)29-21(27(30)31)16-17-8-4-6-10-22(17)32-2/h4-16H,3H2,1-2H3/b21-16+. The van der Waals surface area contributed by atoms with Gasteiger partial charge in [0.2, 0.25) is 0 Å². The molecule has 0 radical (unpaired) electrons. The summed E-state index contributed by atoms with van der Waals surface area (Å²) in [6.07, 6.45) is 1.75. The molecule has 1 aliphatic rings. The second kappa shape index (κ2) is 9.33. The molecule has 2 heterocycles. The molecule has 0 unspecified atom stereocenters.